The lowest BCUT2D eigenvalue weighted by molar-refractivity contribution is 0.0287. The summed E-state index contributed by atoms with van der Waals surface area (Å²) in [6, 6.07) is 1.28. The molecule has 1 unspecified atom stereocenters. The van der Waals surface area contributed by atoms with Crippen molar-refractivity contribution in [1.29, 1.82) is 0 Å². The first-order valence-corrected chi connectivity index (χ1v) is 9.22. The van der Waals surface area contributed by atoms with Gasteiger partial charge < -0.3 is 14.4 Å². The molecule has 1 aliphatic rings. The first-order valence-electron chi connectivity index (χ1n) is 8.84. The number of rotatable bonds is 2. The van der Waals surface area contributed by atoms with Crippen molar-refractivity contribution in [2.75, 3.05) is 18.0 Å². The number of amides is 2. The molecule has 8 nitrogen and oxygen atoms in total. The molecule has 2 amide bonds. The van der Waals surface area contributed by atoms with E-state index >= 15 is 0 Å². The van der Waals surface area contributed by atoms with Gasteiger partial charge in [0.1, 0.15) is 17.0 Å². The molecule has 1 saturated heterocycles. The third-order valence-electron chi connectivity index (χ3n) is 3.63. The van der Waals surface area contributed by atoms with Gasteiger partial charge in [0, 0.05) is 19.3 Å². The van der Waals surface area contributed by atoms with Gasteiger partial charge in [-0.05, 0) is 65.6 Å². The SMILES string of the molecule is CC(C)(C)OC(=O)N1CCC(N(C(=O)OC(C)(C)C)c2ccnc(Cl)n2)C1. The largest absolute Gasteiger partial charge is 0.444 e. The summed E-state index contributed by atoms with van der Waals surface area (Å²) in [7, 11) is 0. The number of hydrogen-bond acceptors (Lipinski definition) is 6. The Labute approximate surface area is 164 Å². The summed E-state index contributed by atoms with van der Waals surface area (Å²) in [6.45, 7) is 11.6. The minimum Gasteiger partial charge on any atom is -0.444 e. The Morgan fingerprint density at radius 3 is 2.37 bits per heavy atom. The number of carbonyl (C=O) groups is 2. The molecular formula is C18H27ClN4O4. The van der Waals surface area contributed by atoms with Crippen molar-refractivity contribution in [2.45, 2.75) is 65.2 Å². The zero-order valence-electron chi connectivity index (χ0n) is 16.7. The van der Waals surface area contributed by atoms with E-state index in [0.29, 0.717) is 25.3 Å². The lowest BCUT2D eigenvalue weighted by atomic mass is 10.2. The van der Waals surface area contributed by atoms with E-state index < -0.39 is 23.4 Å². The fraction of sp³-hybridized carbons (Fsp3) is 0.667. The molecule has 2 rings (SSSR count). The fourth-order valence-electron chi connectivity index (χ4n) is 2.65. The molecule has 0 aromatic carbocycles. The molecule has 0 N–H and O–H groups in total. The minimum atomic E-state index is -0.671. The van der Waals surface area contributed by atoms with Gasteiger partial charge in [-0.1, -0.05) is 0 Å². The number of hydrogen-bond donors (Lipinski definition) is 0. The van der Waals surface area contributed by atoms with Crippen molar-refractivity contribution in [2.24, 2.45) is 0 Å². The summed E-state index contributed by atoms with van der Waals surface area (Å²) in [6.07, 6.45) is 1.09. The fourth-order valence-corrected chi connectivity index (χ4v) is 2.79. The molecule has 1 aliphatic heterocycles. The molecule has 150 valence electrons. The van der Waals surface area contributed by atoms with Gasteiger partial charge in [0.15, 0.2) is 0 Å². The van der Waals surface area contributed by atoms with E-state index in [4.69, 9.17) is 21.1 Å². The van der Waals surface area contributed by atoms with E-state index in [0.717, 1.165) is 0 Å². The molecule has 0 bridgehead atoms. The highest BCUT2D eigenvalue weighted by atomic mass is 35.5. The molecule has 1 atom stereocenters. The van der Waals surface area contributed by atoms with Crippen molar-refractivity contribution < 1.29 is 19.1 Å². The van der Waals surface area contributed by atoms with E-state index in [1.165, 1.54) is 11.1 Å². The normalized spacial score (nSPS) is 17.6. The second-order valence-electron chi connectivity index (χ2n) is 8.40. The molecule has 1 aromatic heterocycles. The van der Waals surface area contributed by atoms with Gasteiger partial charge in [-0.15, -0.1) is 0 Å². The average molecular weight is 399 g/mol. The molecule has 1 aromatic rings. The molecule has 1 fully saturated rings. The highest BCUT2D eigenvalue weighted by molar-refractivity contribution is 6.28. The van der Waals surface area contributed by atoms with Crippen LogP contribution in [0, 0.1) is 0 Å². The number of nitrogens with zero attached hydrogens (tertiary/aromatic N) is 4. The second kappa shape index (κ2) is 7.88. The molecule has 0 saturated carbocycles. The maximum absolute atomic E-state index is 12.8. The Bertz CT molecular complexity index is 699. The Morgan fingerprint density at radius 2 is 1.81 bits per heavy atom. The van der Waals surface area contributed by atoms with E-state index in [-0.39, 0.29) is 11.3 Å². The molecule has 9 heteroatoms. The van der Waals surface area contributed by atoms with Gasteiger partial charge in [-0.3, -0.25) is 4.90 Å². The van der Waals surface area contributed by atoms with Crippen LogP contribution in [0.15, 0.2) is 12.3 Å². The number of aromatic nitrogens is 2. The minimum absolute atomic E-state index is 0.0306. The summed E-state index contributed by atoms with van der Waals surface area (Å²) in [4.78, 5) is 36.2. The van der Waals surface area contributed by atoms with Gasteiger partial charge in [-0.2, -0.15) is 0 Å². The lowest BCUT2D eigenvalue weighted by Gasteiger charge is -2.31. The summed E-state index contributed by atoms with van der Waals surface area (Å²) < 4.78 is 11.0. The quantitative estimate of drug-likeness (QED) is 0.703. The van der Waals surface area contributed by atoms with Gasteiger partial charge in [0.2, 0.25) is 5.28 Å². The standard InChI is InChI=1S/C18H27ClN4O4/c1-17(2,3)26-15(24)22-10-8-12(11-22)23(16(25)27-18(4,5)6)13-7-9-20-14(19)21-13/h7,9,12H,8,10-11H2,1-6H3. The zero-order chi connectivity index (χ0) is 20.4. The Morgan fingerprint density at radius 1 is 1.19 bits per heavy atom. The van der Waals surface area contributed by atoms with Crippen molar-refractivity contribution in [3.05, 3.63) is 17.5 Å². The number of likely N-dealkylation sites (tertiary alicyclic amines) is 1. The van der Waals surface area contributed by atoms with Crippen LogP contribution in [0.2, 0.25) is 5.28 Å². The molecule has 0 radical (unpaired) electrons. The smallest absolute Gasteiger partial charge is 0.416 e. The topological polar surface area (TPSA) is 84.9 Å². The highest BCUT2D eigenvalue weighted by Gasteiger charge is 2.38. The van der Waals surface area contributed by atoms with Gasteiger partial charge in [-0.25, -0.2) is 19.6 Å². The summed E-state index contributed by atoms with van der Waals surface area (Å²) in [5, 5.41) is 0.0306. The molecule has 0 spiro atoms. The van der Waals surface area contributed by atoms with Crippen LogP contribution in [-0.4, -0.2) is 57.4 Å². The molecular weight excluding hydrogens is 372 g/mol. The number of carbonyl (C=O) groups excluding carboxylic acids is 2. The Balaban J connectivity index is 2.22. The van der Waals surface area contributed by atoms with Crippen molar-refractivity contribution in [3.63, 3.8) is 0 Å². The molecule has 0 aliphatic carbocycles. The van der Waals surface area contributed by atoms with Crippen LogP contribution >= 0.6 is 11.6 Å². The zero-order valence-corrected chi connectivity index (χ0v) is 17.4. The van der Waals surface area contributed by atoms with E-state index in [9.17, 15) is 9.59 Å². The Hall–Kier alpha value is -2.09. The van der Waals surface area contributed by atoms with Gasteiger partial charge in [0.25, 0.3) is 0 Å². The Kier molecular flexibility index (Phi) is 6.19. The van der Waals surface area contributed by atoms with Crippen molar-refractivity contribution >= 4 is 29.6 Å². The summed E-state index contributed by atoms with van der Waals surface area (Å²) in [5.74, 6) is 0.334. The predicted molar refractivity (Wildman–Crippen MR) is 102 cm³/mol. The monoisotopic (exact) mass is 398 g/mol. The highest BCUT2D eigenvalue weighted by Crippen LogP contribution is 2.26. The van der Waals surface area contributed by atoms with Gasteiger partial charge in [0.05, 0.1) is 6.04 Å². The number of ether oxygens (including phenoxy) is 2. The summed E-state index contributed by atoms with van der Waals surface area (Å²) >= 11 is 5.90. The average Bonchev–Trinajstić information content (AvgIpc) is 2.93. The van der Waals surface area contributed by atoms with Crippen molar-refractivity contribution in [1.82, 2.24) is 14.9 Å². The first-order chi connectivity index (χ1) is 12.4. The van der Waals surface area contributed by atoms with Crippen LogP contribution in [0.4, 0.5) is 15.4 Å². The van der Waals surface area contributed by atoms with E-state index in [2.05, 4.69) is 9.97 Å². The number of anilines is 1. The predicted octanol–water partition coefficient (Wildman–Crippen LogP) is 3.88. The summed E-state index contributed by atoms with van der Waals surface area (Å²) in [5.41, 5.74) is -1.25. The number of halogens is 1. The third kappa shape index (κ3) is 6.23. The first kappa shape index (κ1) is 21.2. The maximum atomic E-state index is 12.8. The van der Waals surface area contributed by atoms with Crippen LogP contribution in [0.5, 0.6) is 0 Å². The van der Waals surface area contributed by atoms with Crippen LogP contribution in [0.25, 0.3) is 0 Å². The van der Waals surface area contributed by atoms with E-state index in [1.807, 2.05) is 20.8 Å². The molecule has 2 heterocycles. The lowest BCUT2D eigenvalue weighted by Crippen LogP contribution is -2.46. The van der Waals surface area contributed by atoms with Crippen LogP contribution < -0.4 is 4.90 Å². The van der Waals surface area contributed by atoms with Crippen molar-refractivity contribution in [3.8, 4) is 0 Å². The van der Waals surface area contributed by atoms with Crippen LogP contribution in [0.3, 0.4) is 0 Å². The third-order valence-corrected chi connectivity index (χ3v) is 3.81. The van der Waals surface area contributed by atoms with E-state index in [1.54, 1.807) is 31.7 Å². The second-order valence-corrected chi connectivity index (χ2v) is 8.74. The van der Waals surface area contributed by atoms with Crippen LogP contribution in [-0.2, 0) is 9.47 Å². The maximum Gasteiger partial charge on any atom is 0.416 e. The van der Waals surface area contributed by atoms with Crippen LogP contribution in [0.1, 0.15) is 48.0 Å². The molecule has 27 heavy (non-hydrogen) atoms. The van der Waals surface area contributed by atoms with Gasteiger partial charge >= 0.3 is 12.2 Å².